The molecular formula is C23H25F. The van der Waals surface area contributed by atoms with E-state index in [9.17, 15) is 4.39 Å². The summed E-state index contributed by atoms with van der Waals surface area (Å²) < 4.78 is 14.5. The van der Waals surface area contributed by atoms with Crippen molar-refractivity contribution in [2.75, 3.05) is 0 Å². The molecule has 124 valence electrons. The average molecular weight is 320 g/mol. The van der Waals surface area contributed by atoms with Gasteiger partial charge in [0.15, 0.2) is 0 Å². The second kappa shape index (κ2) is 7.61. The Labute approximate surface area is 144 Å². The Morgan fingerprint density at radius 1 is 1.08 bits per heavy atom. The van der Waals surface area contributed by atoms with Gasteiger partial charge in [0.05, 0.1) is 0 Å². The topological polar surface area (TPSA) is 0 Å². The van der Waals surface area contributed by atoms with E-state index in [1.54, 1.807) is 6.07 Å². The van der Waals surface area contributed by atoms with Gasteiger partial charge in [0.2, 0.25) is 0 Å². The SMILES string of the molecule is Cc1cccc(CC[C@H](C)c2ccc(C3=CCCC=C3)c(F)c2)c1. The van der Waals surface area contributed by atoms with Crippen LogP contribution >= 0.6 is 0 Å². The van der Waals surface area contributed by atoms with E-state index in [-0.39, 0.29) is 5.82 Å². The standard InChI is InChI=1S/C23H25F/c1-17-7-6-8-19(15-17)12-11-18(2)21-13-14-22(23(24)16-21)20-9-4-3-5-10-20/h4,6-10,13-16,18H,3,5,11-12H2,1-2H3/t18-/m0/s1. The van der Waals surface area contributed by atoms with Crippen LogP contribution in [0.2, 0.25) is 0 Å². The van der Waals surface area contributed by atoms with E-state index in [1.165, 1.54) is 11.1 Å². The molecule has 1 atom stereocenters. The third-order valence-corrected chi connectivity index (χ3v) is 4.82. The summed E-state index contributed by atoms with van der Waals surface area (Å²) in [6.45, 7) is 4.31. The maximum atomic E-state index is 14.5. The predicted octanol–water partition coefficient (Wildman–Crippen LogP) is 6.60. The largest absolute Gasteiger partial charge is 0.206 e. The summed E-state index contributed by atoms with van der Waals surface area (Å²) in [4.78, 5) is 0. The summed E-state index contributed by atoms with van der Waals surface area (Å²) in [5.74, 6) is 0.248. The Kier molecular flexibility index (Phi) is 5.30. The molecule has 0 nitrogen and oxygen atoms in total. The van der Waals surface area contributed by atoms with Gasteiger partial charge in [0, 0.05) is 5.56 Å². The van der Waals surface area contributed by atoms with Crippen LogP contribution in [0.4, 0.5) is 4.39 Å². The van der Waals surface area contributed by atoms with Crippen LogP contribution in [0.5, 0.6) is 0 Å². The van der Waals surface area contributed by atoms with Gasteiger partial charge in [0.25, 0.3) is 0 Å². The first kappa shape index (κ1) is 16.7. The van der Waals surface area contributed by atoms with Gasteiger partial charge < -0.3 is 0 Å². The molecule has 0 aromatic heterocycles. The van der Waals surface area contributed by atoms with Crippen molar-refractivity contribution in [1.29, 1.82) is 0 Å². The third kappa shape index (κ3) is 4.03. The summed E-state index contributed by atoms with van der Waals surface area (Å²) in [5.41, 5.74) is 5.48. The van der Waals surface area contributed by atoms with Crippen molar-refractivity contribution in [2.45, 2.75) is 45.4 Å². The number of rotatable bonds is 5. The van der Waals surface area contributed by atoms with Crippen molar-refractivity contribution in [3.05, 3.63) is 88.8 Å². The molecule has 0 fully saturated rings. The Bertz CT molecular complexity index is 767. The van der Waals surface area contributed by atoms with Gasteiger partial charge in [-0.05, 0) is 61.3 Å². The number of allylic oxidation sites excluding steroid dienone is 4. The van der Waals surface area contributed by atoms with Crippen LogP contribution in [-0.2, 0) is 6.42 Å². The van der Waals surface area contributed by atoms with E-state index in [1.807, 2.05) is 12.1 Å². The van der Waals surface area contributed by atoms with Crippen LogP contribution in [0.3, 0.4) is 0 Å². The molecule has 2 aromatic rings. The number of hydrogen-bond donors (Lipinski definition) is 0. The zero-order chi connectivity index (χ0) is 16.9. The Morgan fingerprint density at radius 3 is 2.67 bits per heavy atom. The van der Waals surface area contributed by atoms with E-state index in [2.05, 4.69) is 56.3 Å². The first-order valence-corrected chi connectivity index (χ1v) is 8.85. The number of halogens is 1. The highest BCUT2D eigenvalue weighted by atomic mass is 19.1. The molecule has 0 amide bonds. The Hall–Kier alpha value is -2.15. The van der Waals surface area contributed by atoms with E-state index in [0.717, 1.165) is 42.4 Å². The molecule has 0 aliphatic heterocycles. The lowest BCUT2D eigenvalue weighted by atomic mass is 9.91. The van der Waals surface area contributed by atoms with E-state index in [0.29, 0.717) is 5.92 Å². The minimum absolute atomic E-state index is 0.104. The molecule has 2 aromatic carbocycles. The van der Waals surface area contributed by atoms with Gasteiger partial charge in [-0.25, -0.2) is 4.39 Å². The number of hydrogen-bond acceptors (Lipinski definition) is 0. The lowest BCUT2D eigenvalue weighted by Gasteiger charge is -2.15. The van der Waals surface area contributed by atoms with E-state index < -0.39 is 0 Å². The molecule has 0 saturated carbocycles. The lowest BCUT2D eigenvalue weighted by molar-refractivity contribution is 0.612. The van der Waals surface area contributed by atoms with Crippen LogP contribution in [0.1, 0.15) is 54.4 Å². The number of aryl methyl sites for hydroxylation is 2. The monoisotopic (exact) mass is 320 g/mol. The summed E-state index contributed by atoms with van der Waals surface area (Å²) in [6, 6.07) is 14.4. The molecule has 1 aliphatic carbocycles. The van der Waals surface area contributed by atoms with Gasteiger partial charge in [-0.15, -0.1) is 0 Å². The molecule has 1 heteroatoms. The maximum absolute atomic E-state index is 14.5. The second-order valence-electron chi connectivity index (χ2n) is 6.81. The maximum Gasteiger partial charge on any atom is 0.131 e. The van der Waals surface area contributed by atoms with Crippen molar-refractivity contribution < 1.29 is 4.39 Å². The molecule has 0 unspecified atom stereocenters. The van der Waals surface area contributed by atoms with Crippen molar-refractivity contribution in [3.8, 4) is 0 Å². The summed E-state index contributed by atoms with van der Waals surface area (Å²) in [6.07, 6.45) is 10.4. The first-order chi connectivity index (χ1) is 11.6. The van der Waals surface area contributed by atoms with Gasteiger partial charge in [-0.3, -0.25) is 0 Å². The van der Waals surface area contributed by atoms with Crippen LogP contribution in [0.15, 0.2) is 60.7 Å². The quantitative estimate of drug-likeness (QED) is 0.582. The summed E-state index contributed by atoms with van der Waals surface area (Å²) in [7, 11) is 0. The van der Waals surface area contributed by atoms with Crippen molar-refractivity contribution in [3.63, 3.8) is 0 Å². The molecule has 0 spiro atoms. The average Bonchev–Trinajstić information content (AvgIpc) is 2.60. The molecule has 0 N–H and O–H groups in total. The van der Waals surface area contributed by atoms with E-state index >= 15 is 0 Å². The van der Waals surface area contributed by atoms with Gasteiger partial charge >= 0.3 is 0 Å². The molecule has 0 bridgehead atoms. The molecule has 0 heterocycles. The summed E-state index contributed by atoms with van der Waals surface area (Å²) >= 11 is 0. The third-order valence-electron chi connectivity index (χ3n) is 4.82. The van der Waals surface area contributed by atoms with Crippen molar-refractivity contribution in [1.82, 2.24) is 0 Å². The Balaban J connectivity index is 1.69. The lowest BCUT2D eigenvalue weighted by Crippen LogP contribution is -1.99. The fourth-order valence-corrected chi connectivity index (χ4v) is 3.30. The highest BCUT2D eigenvalue weighted by Gasteiger charge is 2.12. The van der Waals surface area contributed by atoms with Crippen molar-refractivity contribution in [2.24, 2.45) is 0 Å². The normalized spacial score (nSPS) is 15.2. The molecule has 0 saturated heterocycles. The number of benzene rings is 2. The highest BCUT2D eigenvalue weighted by Crippen LogP contribution is 2.28. The van der Waals surface area contributed by atoms with Gasteiger partial charge in [-0.2, -0.15) is 0 Å². The molecule has 0 radical (unpaired) electrons. The first-order valence-electron chi connectivity index (χ1n) is 8.85. The van der Waals surface area contributed by atoms with Crippen molar-refractivity contribution >= 4 is 5.57 Å². The minimum atomic E-state index is -0.104. The Morgan fingerprint density at radius 2 is 1.96 bits per heavy atom. The highest BCUT2D eigenvalue weighted by molar-refractivity contribution is 5.75. The minimum Gasteiger partial charge on any atom is -0.206 e. The second-order valence-corrected chi connectivity index (χ2v) is 6.81. The molecular weight excluding hydrogens is 295 g/mol. The fraction of sp³-hybridized carbons (Fsp3) is 0.304. The van der Waals surface area contributed by atoms with Gasteiger partial charge in [0.1, 0.15) is 5.82 Å². The molecule has 3 rings (SSSR count). The fourth-order valence-electron chi connectivity index (χ4n) is 3.30. The summed E-state index contributed by atoms with van der Waals surface area (Å²) in [5, 5.41) is 0. The molecule has 1 aliphatic rings. The van der Waals surface area contributed by atoms with Gasteiger partial charge in [-0.1, -0.05) is 67.1 Å². The predicted molar refractivity (Wildman–Crippen MR) is 101 cm³/mol. The zero-order valence-electron chi connectivity index (χ0n) is 14.6. The smallest absolute Gasteiger partial charge is 0.131 e. The zero-order valence-corrected chi connectivity index (χ0v) is 14.6. The van der Waals surface area contributed by atoms with Crippen LogP contribution < -0.4 is 0 Å². The van der Waals surface area contributed by atoms with Crippen LogP contribution in [-0.4, -0.2) is 0 Å². The van der Waals surface area contributed by atoms with Crippen LogP contribution in [0, 0.1) is 12.7 Å². The molecule has 24 heavy (non-hydrogen) atoms. The van der Waals surface area contributed by atoms with Crippen LogP contribution in [0.25, 0.3) is 5.57 Å². The van der Waals surface area contributed by atoms with E-state index in [4.69, 9.17) is 0 Å².